The molecule has 0 aromatic heterocycles. The number of hydrogen-bond donors (Lipinski definition) is 0. The maximum Gasteiger partial charge on any atom is 0.00470 e. The normalized spacial score (nSPS) is 18.9. The molecule has 0 bridgehead atoms. The molecule has 1 radical (unpaired) electrons. The van der Waals surface area contributed by atoms with Crippen molar-refractivity contribution in [3.8, 4) is 0 Å². The van der Waals surface area contributed by atoms with Gasteiger partial charge >= 0.3 is 0 Å². The Labute approximate surface area is 50.9 Å². The molecule has 0 aromatic carbocycles. The van der Waals surface area contributed by atoms with Crippen LogP contribution in [0.1, 0.15) is 13.8 Å². The summed E-state index contributed by atoms with van der Waals surface area (Å²) in [5.41, 5.74) is 0. The van der Waals surface area contributed by atoms with Gasteiger partial charge in [-0.3, -0.25) is 0 Å². The predicted octanol–water partition coefficient (Wildman–Crippen LogP) is 2.19. The summed E-state index contributed by atoms with van der Waals surface area (Å²) in [4.78, 5) is 0. The monoisotopic (exact) mass is 107 g/mol. The second kappa shape index (κ2) is 2.17. The van der Waals surface area contributed by atoms with E-state index in [1.54, 1.807) is 0 Å². The Bertz CT molecular complexity index is 106. The van der Waals surface area contributed by atoms with E-state index in [1.807, 2.05) is 6.08 Å². The van der Waals surface area contributed by atoms with E-state index in [4.69, 9.17) is 0 Å². The molecule has 0 fully saturated rings. The molecule has 0 spiro atoms. The first-order valence-electron chi connectivity index (χ1n) is 3.07. The van der Waals surface area contributed by atoms with Crippen molar-refractivity contribution >= 4 is 0 Å². The Morgan fingerprint density at radius 3 is 2.50 bits per heavy atom. The van der Waals surface area contributed by atoms with Crippen molar-refractivity contribution in [1.82, 2.24) is 0 Å². The average molecular weight is 107 g/mol. The van der Waals surface area contributed by atoms with Crippen molar-refractivity contribution in [2.24, 2.45) is 11.8 Å². The smallest absolute Gasteiger partial charge is 0.00470 e. The molecule has 1 atom stereocenters. The van der Waals surface area contributed by atoms with Crippen LogP contribution in [0, 0.1) is 17.9 Å². The Kier molecular flexibility index (Phi) is 1.52. The summed E-state index contributed by atoms with van der Waals surface area (Å²) in [6.07, 6.45) is 9.46. The van der Waals surface area contributed by atoms with E-state index >= 15 is 0 Å². The molecular weight excluding hydrogens is 96.1 g/mol. The van der Waals surface area contributed by atoms with Crippen molar-refractivity contribution in [3.05, 3.63) is 24.3 Å². The molecule has 0 saturated heterocycles. The standard InChI is InChI=1S/C8H11/c1-7(2)8-5-3-4-6-8/h3-5,7-8H,1-2H3. The fourth-order valence-corrected chi connectivity index (χ4v) is 0.812. The number of hydrogen-bond acceptors (Lipinski definition) is 0. The van der Waals surface area contributed by atoms with Crippen molar-refractivity contribution < 1.29 is 0 Å². The van der Waals surface area contributed by atoms with Crippen molar-refractivity contribution in [2.75, 3.05) is 0 Å². The first-order chi connectivity index (χ1) is 3.80. The average Bonchev–Trinajstić information content (AvgIpc) is 2.12. The van der Waals surface area contributed by atoms with Gasteiger partial charge in [0.15, 0.2) is 0 Å². The highest BCUT2D eigenvalue weighted by atomic mass is 14.1. The Morgan fingerprint density at radius 2 is 2.25 bits per heavy atom. The highest BCUT2D eigenvalue weighted by molar-refractivity contribution is 5.13. The van der Waals surface area contributed by atoms with E-state index in [1.165, 1.54) is 0 Å². The quantitative estimate of drug-likeness (QED) is 0.482. The van der Waals surface area contributed by atoms with Crippen LogP contribution in [-0.4, -0.2) is 0 Å². The zero-order valence-electron chi connectivity index (χ0n) is 5.39. The molecule has 0 aromatic rings. The fraction of sp³-hybridized carbons (Fsp3) is 0.500. The molecule has 0 nitrogen and oxygen atoms in total. The fourth-order valence-electron chi connectivity index (χ4n) is 0.812. The zero-order chi connectivity index (χ0) is 5.98. The Hall–Kier alpha value is -0.520. The van der Waals surface area contributed by atoms with E-state index in [9.17, 15) is 0 Å². The highest BCUT2D eigenvalue weighted by Gasteiger charge is 2.07. The zero-order valence-corrected chi connectivity index (χ0v) is 5.39. The highest BCUT2D eigenvalue weighted by Crippen LogP contribution is 2.16. The first-order valence-corrected chi connectivity index (χ1v) is 3.07. The molecular formula is C8H11. The van der Waals surface area contributed by atoms with Gasteiger partial charge in [0.25, 0.3) is 0 Å². The summed E-state index contributed by atoms with van der Waals surface area (Å²) < 4.78 is 0. The largest absolute Gasteiger partial charge is 0.0767 e. The van der Waals surface area contributed by atoms with Crippen molar-refractivity contribution in [3.63, 3.8) is 0 Å². The maximum atomic E-state index is 3.22. The van der Waals surface area contributed by atoms with Crippen LogP contribution in [0.4, 0.5) is 0 Å². The summed E-state index contributed by atoms with van der Waals surface area (Å²) in [6, 6.07) is 0. The molecule has 0 heteroatoms. The van der Waals surface area contributed by atoms with Crippen LogP contribution in [0.2, 0.25) is 0 Å². The molecule has 0 aliphatic heterocycles. The second-order valence-corrected chi connectivity index (χ2v) is 2.49. The number of rotatable bonds is 1. The molecule has 43 valence electrons. The summed E-state index contributed by atoms with van der Waals surface area (Å²) in [5, 5.41) is 0. The van der Waals surface area contributed by atoms with Gasteiger partial charge in [-0.15, -0.1) is 0 Å². The molecule has 0 saturated carbocycles. The topological polar surface area (TPSA) is 0 Å². The second-order valence-electron chi connectivity index (χ2n) is 2.49. The van der Waals surface area contributed by atoms with Crippen LogP contribution in [-0.2, 0) is 0 Å². The van der Waals surface area contributed by atoms with Crippen LogP contribution in [0.5, 0.6) is 0 Å². The summed E-state index contributed by atoms with van der Waals surface area (Å²) in [5.74, 6) is 1.29. The predicted molar refractivity (Wildman–Crippen MR) is 35.3 cm³/mol. The van der Waals surface area contributed by atoms with Gasteiger partial charge in [0.1, 0.15) is 0 Å². The molecule has 1 aliphatic rings. The van der Waals surface area contributed by atoms with Crippen LogP contribution in [0.15, 0.2) is 18.2 Å². The minimum atomic E-state index is 0.579. The van der Waals surface area contributed by atoms with Crippen LogP contribution < -0.4 is 0 Å². The lowest BCUT2D eigenvalue weighted by atomic mass is 9.98. The lowest BCUT2D eigenvalue weighted by Gasteiger charge is -2.06. The third kappa shape index (κ3) is 1.00. The van der Waals surface area contributed by atoms with E-state index in [0.29, 0.717) is 11.8 Å². The van der Waals surface area contributed by atoms with Crippen LogP contribution in [0.25, 0.3) is 0 Å². The third-order valence-corrected chi connectivity index (χ3v) is 1.42. The van der Waals surface area contributed by atoms with Gasteiger partial charge in [0.2, 0.25) is 0 Å². The lowest BCUT2D eigenvalue weighted by molar-refractivity contribution is 0.544. The minimum absolute atomic E-state index is 0.579. The molecule has 0 amide bonds. The van der Waals surface area contributed by atoms with Gasteiger partial charge in [-0.25, -0.2) is 0 Å². The number of allylic oxidation sites excluding steroid dienone is 4. The summed E-state index contributed by atoms with van der Waals surface area (Å²) in [7, 11) is 0. The molecule has 0 N–H and O–H groups in total. The van der Waals surface area contributed by atoms with Crippen LogP contribution >= 0.6 is 0 Å². The van der Waals surface area contributed by atoms with Gasteiger partial charge < -0.3 is 0 Å². The summed E-state index contributed by atoms with van der Waals surface area (Å²) in [6.45, 7) is 4.42. The molecule has 8 heavy (non-hydrogen) atoms. The molecule has 0 heterocycles. The third-order valence-electron chi connectivity index (χ3n) is 1.42. The van der Waals surface area contributed by atoms with Crippen molar-refractivity contribution in [2.45, 2.75) is 13.8 Å². The lowest BCUT2D eigenvalue weighted by Crippen LogP contribution is -1.98. The van der Waals surface area contributed by atoms with E-state index in [2.05, 4.69) is 32.1 Å². The SMILES string of the molecule is CC(C)C1[C]=CC=C1. The van der Waals surface area contributed by atoms with E-state index < -0.39 is 0 Å². The van der Waals surface area contributed by atoms with Gasteiger partial charge in [-0.05, 0) is 12.0 Å². The first kappa shape index (κ1) is 5.61. The van der Waals surface area contributed by atoms with Gasteiger partial charge in [-0.1, -0.05) is 32.1 Å². The van der Waals surface area contributed by atoms with Crippen molar-refractivity contribution in [1.29, 1.82) is 0 Å². The molecule has 1 aliphatic carbocycles. The van der Waals surface area contributed by atoms with E-state index in [0.717, 1.165) is 0 Å². The van der Waals surface area contributed by atoms with E-state index in [-0.39, 0.29) is 0 Å². The minimum Gasteiger partial charge on any atom is -0.0767 e. The van der Waals surface area contributed by atoms with Gasteiger partial charge in [-0.2, -0.15) is 0 Å². The van der Waals surface area contributed by atoms with Gasteiger partial charge in [0, 0.05) is 5.92 Å². The maximum absolute atomic E-state index is 3.22. The molecule has 1 unspecified atom stereocenters. The Balaban J connectivity index is 2.49. The Morgan fingerprint density at radius 1 is 1.50 bits per heavy atom. The summed E-state index contributed by atoms with van der Waals surface area (Å²) >= 11 is 0. The van der Waals surface area contributed by atoms with Gasteiger partial charge in [0.05, 0.1) is 0 Å². The van der Waals surface area contributed by atoms with Crippen LogP contribution in [0.3, 0.4) is 0 Å². The molecule has 1 rings (SSSR count).